The van der Waals surface area contributed by atoms with Crippen LogP contribution in [0.25, 0.3) is 0 Å². The Morgan fingerprint density at radius 3 is 2.65 bits per heavy atom. The number of aliphatic hydroxyl groups is 1. The summed E-state index contributed by atoms with van der Waals surface area (Å²) >= 11 is 0. The lowest BCUT2D eigenvalue weighted by atomic mass is 10.0. The average molecular weight is 280 g/mol. The summed E-state index contributed by atoms with van der Waals surface area (Å²) < 4.78 is 4.83. The van der Waals surface area contributed by atoms with Gasteiger partial charge in [-0.05, 0) is 12.0 Å². The zero-order valence-electron chi connectivity index (χ0n) is 12.2. The van der Waals surface area contributed by atoms with Crippen LogP contribution in [0.15, 0.2) is 30.3 Å². The standard InChI is InChI=1S/C15H24N2O3/c1-17(10-13(18)11-20-2)15(19)9-8-14(16)12-6-4-3-5-7-12/h3-7,13-14,18H,8-11,16H2,1-2H3. The molecule has 0 spiro atoms. The minimum atomic E-state index is -0.656. The Morgan fingerprint density at radius 2 is 2.05 bits per heavy atom. The second kappa shape index (κ2) is 8.68. The topological polar surface area (TPSA) is 75.8 Å². The normalized spacial score (nSPS) is 13.8. The van der Waals surface area contributed by atoms with E-state index in [1.165, 1.54) is 12.0 Å². The molecule has 0 bridgehead atoms. The van der Waals surface area contributed by atoms with E-state index in [4.69, 9.17) is 10.5 Å². The molecule has 0 aliphatic heterocycles. The molecule has 1 amide bonds. The van der Waals surface area contributed by atoms with Crippen molar-refractivity contribution in [2.45, 2.75) is 25.0 Å². The molecule has 0 aromatic heterocycles. The first-order chi connectivity index (χ1) is 9.54. The summed E-state index contributed by atoms with van der Waals surface area (Å²) in [4.78, 5) is 13.5. The minimum absolute atomic E-state index is 0.0217. The third kappa shape index (κ3) is 5.69. The lowest BCUT2D eigenvalue weighted by Gasteiger charge is -2.21. The van der Waals surface area contributed by atoms with Crippen LogP contribution in [0.5, 0.6) is 0 Å². The van der Waals surface area contributed by atoms with Crippen LogP contribution in [0.1, 0.15) is 24.4 Å². The highest BCUT2D eigenvalue weighted by molar-refractivity contribution is 5.75. The summed E-state index contributed by atoms with van der Waals surface area (Å²) in [5.74, 6) is -0.0217. The van der Waals surface area contributed by atoms with Gasteiger partial charge in [0, 0.05) is 33.2 Å². The fourth-order valence-corrected chi connectivity index (χ4v) is 2.00. The van der Waals surface area contributed by atoms with Crippen LogP contribution in [0, 0.1) is 0 Å². The maximum absolute atomic E-state index is 11.9. The molecule has 0 saturated carbocycles. The summed E-state index contributed by atoms with van der Waals surface area (Å²) in [5.41, 5.74) is 7.08. The number of methoxy groups -OCH3 is 1. The van der Waals surface area contributed by atoms with Gasteiger partial charge >= 0.3 is 0 Å². The van der Waals surface area contributed by atoms with E-state index in [0.717, 1.165) is 5.56 Å². The van der Waals surface area contributed by atoms with Gasteiger partial charge in [0.2, 0.25) is 5.91 Å². The summed E-state index contributed by atoms with van der Waals surface area (Å²) in [5, 5.41) is 9.58. The first-order valence-corrected chi connectivity index (χ1v) is 6.76. The predicted octanol–water partition coefficient (Wildman–Crippen LogP) is 0.932. The van der Waals surface area contributed by atoms with Crippen molar-refractivity contribution in [3.8, 4) is 0 Å². The van der Waals surface area contributed by atoms with Gasteiger partial charge in [0.15, 0.2) is 0 Å². The van der Waals surface area contributed by atoms with Crippen molar-refractivity contribution in [3.63, 3.8) is 0 Å². The second-order valence-electron chi connectivity index (χ2n) is 4.94. The number of hydrogen-bond acceptors (Lipinski definition) is 4. The molecule has 5 nitrogen and oxygen atoms in total. The molecule has 1 aromatic carbocycles. The van der Waals surface area contributed by atoms with Crippen LogP contribution in [0.2, 0.25) is 0 Å². The molecule has 5 heteroatoms. The van der Waals surface area contributed by atoms with Crippen molar-refractivity contribution in [1.82, 2.24) is 4.90 Å². The average Bonchev–Trinajstić information content (AvgIpc) is 2.45. The number of aliphatic hydroxyl groups excluding tert-OH is 1. The first-order valence-electron chi connectivity index (χ1n) is 6.76. The molecule has 1 aromatic rings. The summed E-state index contributed by atoms with van der Waals surface area (Å²) in [6, 6.07) is 9.58. The monoisotopic (exact) mass is 280 g/mol. The lowest BCUT2D eigenvalue weighted by Crippen LogP contribution is -2.36. The largest absolute Gasteiger partial charge is 0.389 e. The molecule has 0 aliphatic rings. The van der Waals surface area contributed by atoms with Gasteiger partial charge in [-0.15, -0.1) is 0 Å². The van der Waals surface area contributed by atoms with Crippen LogP contribution >= 0.6 is 0 Å². The molecule has 2 atom stereocenters. The van der Waals surface area contributed by atoms with Gasteiger partial charge in [0.05, 0.1) is 12.7 Å². The number of nitrogens with two attached hydrogens (primary N) is 1. The number of benzene rings is 1. The summed E-state index contributed by atoms with van der Waals surface area (Å²) in [6.45, 7) is 0.494. The van der Waals surface area contributed by atoms with Crippen molar-refractivity contribution in [2.75, 3.05) is 27.3 Å². The van der Waals surface area contributed by atoms with E-state index in [1.54, 1.807) is 7.05 Å². The van der Waals surface area contributed by atoms with Gasteiger partial charge in [-0.1, -0.05) is 30.3 Å². The summed E-state index contributed by atoms with van der Waals surface area (Å²) in [7, 11) is 3.19. The Labute approximate surface area is 120 Å². The molecule has 0 aliphatic carbocycles. The van der Waals surface area contributed by atoms with Gasteiger partial charge in [0.25, 0.3) is 0 Å². The SMILES string of the molecule is COCC(O)CN(C)C(=O)CCC(N)c1ccccc1. The molecule has 0 heterocycles. The number of carbonyl (C=O) groups is 1. The Bertz CT molecular complexity index is 397. The van der Waals surface area contributed by atoms with Crippen LogP contribution in [0.4, 0.5) is 0 Å². The number of rotatable bonds is 8. The fourth-order valence-electron chi connectivity index (χ4n) is 2.00. The molecular formula is C15H24N2O3. The van der Waals surface area contributed by atoms with Gasteiger partial charge in [-0.3, -0.25) is 4.79 Å². The Kier molecular flexibility index (Phi) is 7.22. The Balaban J connectivity index is 2.35. The van der Waals surface area contributed by atoms with Crippen molar-refractivity contribution in [1.29, 1.82) is 0 Å². The second-order valence-corrected chi connectivity index (χ2v) is 4.94. The van der Waals surface area contributed by atoms with Crippen molar-refractivity contribution in [3.05, 3.63) is 35.9 Å². The zero-order chi connectivity index (χ0) is 15.0. The molecule has 1 rings (SSSR count). The maximum Gasteiger partial charge on any atom is 0.222 e. The molecule has 20 heavy (non-hydrogen) atoms. The van der Waals surface area contributed by atoms with Gasteiger partial charge < -0.3 is 20.5 Å². The molecule has 0 radical (unpaired) electrons. The Hall–Kier alpha value is -1.43. The zero-order valence-corrected chi connectivity index (χ0v) is 12.2. The summed E-state index contributed by atoms with van der Waals surface area (Å²) in [6.07, 6.45) is 0.302. The van der Waals surface area contributed by atoms with Crippen molar-refractivity contribution in [2.24, 2.45) is 5.73 Å². The third-order valence-electron chi connectivity index (χ3n) is 3.17. The highest BCUT2D eigenvalue weighted by Gasteiger charge is 2.15. The van der Waals surface area contributed by atoms with Crippen LogP contribution in [-0.2, 0) is 9.53 Å². The first kappa shape index (κ1) is 16.6. The molecule has 3 N–H and O–H groups in total. The molecule has 0 saturated heterocycles. The van der Waals surface area contributed by atoms with E-state index >= 15 is 0 Å². The van der Waals surface area contributed by atoms with Crippen molar-refractivity contribution >= 4 is 5.91 Å². The predicted molar refractivity (Wildman–Crippen MR) is 78.1 cm³/mol. The number of likely N-dealkylation sites (N-methyl/N-ethyl adjacent to an activating group) is 1. The fraction of sp³-hybridized carbons (Fsp3) is 0.533. The van der Waals surface area contributed by atoms with Crippen LogP contribution in [-0.4, -0.2) is 49.3 Å². The third-order valence-corrected chi connectivity index (χ3v) is 3.17. The van der Waals surface area contributed by atoms with E-state index in [0.29, 0.717) is 12.8 Å². The van der Waals surface area contributed by atoms with E-state index in [1.807, 2.05) is 30.3 Å². The number of amides is 1. The van der Waals surface area contributed by atoms with Crippen LogP contribution in [0.3, 0.4) is 0 Å². The highest BCUT2D eigenvalue weighted by atomic mass is 16.5. The minimum Gasteiger partial charge on any atom is -0.389 e. The quantitative estimate of drug-likeness (QED) is 0.743. The maximum atomic E-state index is 11.9. The molecule has 2 unspecified atom stereocenters. The lowest BCUT2D eigenvalue weighted by molar-refractivity contribution is -0.131. The Morgan fingerprint density at radius 1 is 1.40 bits per heavy atom. The van der Waals surface area contributed by atoms with Gasteiger partial charge in [-0.2, -0.15) is 0 Å². The van der Waals surface area contributed by atoms with E-state index in [-0.39, 0.29) is 25.1 Å². The molecular weight excluding hydrogens is 256 g/mol. The highest BCUT2D eigenvalue weighted by Crippen LogP contribution is 2.15. The van der Waals surface area contributed by atoms with Crippen LogP contribution < -0.4 is 5.73 Å². The van der Waals surface area contributed by atoms with Gasteiger partial charge in [0.1, 0.15) is 0 Å². The number of carbonyl (C=O) groups excluding carboxylic acids is 1. The van der Waals surface area contributed by atoms with E-state index in [2.05, 4.69) is 0 Å². The van der Waals surface area contributed by atoms with E-state index in [9.17, 15) is 9.90 Å². The molecule has 0 fully saturated rings. The number of hydrogen-bond donors (Lipinski definition) is 2. The number of ether oxygens (including phenoxy) is 1. The molecule has 112 valence electrons. The van der Waals surface area contributed by atoms with Crippen molar-refractivity contribution < 1.29 is 14.6 Å². The smallest absolute Gasteiger partial charge is 0.222 e. The van der Waals surface area contributed by atoms with E-state index < -0.39 is 6.10 Å². The number of nitrogens with zero attached hydrogens (tertiary/aromatic N) is 1. The van der Waals surface area contributed by atoms with Gasteiger partial charge in [-0.25, -0.2) is 0 Å².